The average Bonchev–Trinajstić information content (AvgIpc) is 2.63. The molecule has 0 aliphatic rings. The Labute approximate surface area is 170 Å². The van der Waals surface area contributed by atoms with Crippen LogP contribution in [0.2, 0.25) is 0 Å². The molecule has 7 heteroatoms. The number of phenols is 2. The number of aromatic hydroxyl groups is 3. The van der Waals surface area contributed by atoms with Gasteiger partial charge in [0.2, 0.25) is 0 Å². The van der Waals surface area contributed by atoms with Crippen molar-refractivity contribution in [2.75, 3.05) is 7.11 Å². The Hall–Kier alpha value is -2.96. The van der Waals surface area contributed by atoms with E-state index in [0.29, 0.717) is 25.1 Å². The number of hydrogen-bond donors (Lipinski definition) is 3. The molecule has 1 heterocycles. The van der Waals surface area contributed by atoms with E-state index in [1.165, 1.54) is 25.3 Å². The summed E-state index contributed by atoms with van der Waals surface area (Å²) in [4.78, 5) is 25.1. The standard InChI is InChI=1S/C22H29NO6/c1-13(2)9-16(12-20(27)29-4)21-19(26)10-14(3)23(22(21)28)8-7-15-5-6-17(24)18(25)11-15/h5-6,10-11,13,16,24-26H,7-9,12H2,1-4H3/t16-/m0/s1. The third kappa shape index (κ3) is 5.53. The van der Waals surface area contributed by atoms with Crippen molar-refractivity contribution in [3.8, 4) is 17.2 Å². The number of pyridine rings is 1. The second kappa shape index (κ2) is 9.49. The van der Waals surface area contributed by atoms with Crippen LogP contribution in [0.1, 0.15) is 49.4 Å². The third-order valence-corrected chi connectivity index (χ3v) is 4.99. The Morgan fingerprint density at radius 3 is 2.38 bits per heavy atom. The van der Waals surface area contributed by atoms with Crippen molar-refractivity contribution < 1.29 is 24.9 Å². The van der Waals surface area contributed by atoms with E-state index in [1.807, 2.05) is 13.8 Å². The number of methoxy groups -OCH3 is 1. The van der Waals surface area contributed by atoms with Crippen molar-refractivity contribution >= 4 is 5.97 Å². The van der Waals surface area contributed by atoms with Crippen LogP contribution in [-0.2, 0) is 22.5 Å². The number of rotatable bonds is 8. The lowest BCUT2D eigenvalue weighted by Crippen LogP contribution is -2.29. The van der Waals surface area contributed by atoms with Crippen molar-refractivity contribution in [1.29, 1.82) is 0 Å². The quantitative estimate of drug-likeness (QED) is 0.461. The summed E-state index contributed by atoms with van der Waals surface area (Å²) in [6.45, 7) is 6.04. The molecule has 1 atom stereocenters. The van der Waals surface area contributed by atoms with Gasteiger partial charge in [-0.05, 0) is 49.4 Å². The summed E-state index contributed by atoms with van der Waals surface area (Å²) in [6.07, 6.45) is 1.03. The maximum absolute atomic E-state index is 13.2. The first-order valence-electron chi connectivity index (χ1n) is 9.65. The highest BCUT2D eigenvalue weighted by atomic mass is 16.5. The molecular formula is C22H29NO6. The van der Waals surface area contributed by atoms with E-state index in [2.05, 4.69) is 0 Å². The normalized spacial score (nSPS) is 12.2. The molecular weight excluding hydrogens is 374 g/mol. The summed E-state index contributed by atoms with van der Waals surface area (Å²) in [5.74, 6) is -1.18. The van der Waals surface area contributed by atoms with Gasteiger partial charge in [-0.2, -0.15) is 0 Å². The van der Waals surface area contributed by atoms with Gasteiger partial charge in [0.1, 0.15) is 5.75 Å². The Bertz CT molecular complexity index is 932. The lowest BCUT2D eigenvalue weighted by Gasteiger charge is -2.21. The minimum absolute atomic E-state index is 0.0202. The van der Waals surface area contributed by atoms with Gasteiger partial charge in [0.25, 0.3) is 5.56 Å². The molecule has 0 radical (unpaired) electrons. The van der Waals surface area contributed by atoms with Gasteiger partial charge in [-0.1, -0.05) is 19.9 Å². The SMILES string of the molecule is COC(=O)C[C@H](CC(C)C)c1c(O)cc(C)n(CCc2ccc(O)c(O)c2)c1=O. The maximum Gasteiger partial charge on any atom is 0.306 e. The van der Waals surface area contributed by atoms with Gasteiger partial charge >= 0.3 is 5.97 Å². The van der Waals surface area contributed by atoms with Crippen LogP contribution in [0, 0.1) is 12.8 Å². The number of nitrogens with zero attached hydrogens (tertiary/aromatic N) is 1. The molecule has 158 valence electrons. The zero-order valence-corrected chi connectivity index (χ0v) is 17.3. The van der Waals surface area contributed by atoms with Crippen LogP contribution in [0.25, 0.3) is 0 Å². The van der Waals surface area contributed by atoms with E-state index in [4.69, 9.17) is 4.74 Å². The van der Waals surface area contributed by atoms with Gasteiger partial charge in [-0.15, -0.1) is 0 Å². The summed E-state index contributed by atoms with van der Waals surface area (Å²) in [6, 6.07) is 6.07. The molecule has 0 unspecified atom stereocenters. The molecule has 1 aromatic heterocycles. The van der Waals surface area contributed by atoms with E-state index < -0.39 is 11.9 Å². The Balaban J connectivity index is 2.39. The van der Waals surface area contributed by atoms with E-state index in [1.54, 1.807) is 17.6 Å². The lowest BCUT2D eigenvalue weighted by atomic mass is 9.87. The van der Waals surface area contributed by atoms with E-state index in [9.17, 15) is 24.9 Å². The summed E-state index contributed by atoms with van der Waals surface area (Å²) < 4.78 is 6.33. The number of ether oxygens (including phenoxy) is 1. The summed E-state index contributed by atoms with van der Waals surface area (Å²) >= 11 is 0. The van der Waals surface area contributed by atoms with Gasteiger partial charge < -0.3 is 24.6 Å². The van der Waals surface area contributed by atoms with Crippen LogP contribution < -0.4 is 5.56 Å². The molecule has 0 bridgehead atoms. The second-order valence-corrected chi connectivity index (χ2v) is 7.72. The summed E-state index contributed by atoms with van der Waals surface area (Å²) in [5.41, 5.74) is 1.25. The number of esters is 1. The van der Waals surface area contributed by atoms with E-state index >= 15 is 0 Å². The van der Waals surface area contributed by atoms with Crippen LogP contribution in [0.4, 0.5) is 0 Å². The molecule has 2 aromatic rings. The fourth-order valence-corrected chi connectivity index (χ4v) is 3.55. The largest absolute Gasteiger partial charge is 0.507 e. The number of carbonyl (C=O) groups is 1. The second-order valence-electron chi connectivity index (χ2n) is 7.72. The molecule has 1 aromatic carbocycles. The highest BCUT2D eigenvalue weighted by Crippen LogP contribution is 2.32. The highest BCUT2D eigenvalue weighted by molar-refractivity contribution is 5.70. The topological polar surface area (TPSA) is 109 Å². The molecule has 29 heavy (non-hydrogen) atoms. The number of carbonyl (C=O) groups excluding carboxylic acids is 1. The van der Waals surface area contributed by atoms with Gasteiger partial charge in [0.15, 0.2) is 11.5 Å². The fourth-order valence-electron chi connectivity index (χ4n) is 3.55. The Morgan fingerprint density at radius 2 is 1.79 bits per heavy atom. The number of aryl methyl sites for hydroxylation is 2. The lowest BCUT2D eigenvalue weighted by molar-refractivity contribution is -0.141. The molecule has 0 spiro atoms. The first-order chi connectivity index (χ1) is 13.6. The molecule has 0 amide bonds. The van der Waals surface area contributed by atoms with Crippen LogP contribution in [-0.4, -0.2) is 33.0 Å². The smallest absolute Gasteiger partial charge is 0.306 e. The average molecular weight is 403 g/mol. The van der Waals surface area contributed by atoms with Gasteiger partial charge in [0.05, 0.1) is 19.1 Å². The van der Waals surface area contributed by atoms with Crippen LogP contribution >= 0.6 is 0 Å². The molecule has 3 N–H and O–H groups in total. The van der Waals surface area contributed by atoms with Crippen molar-refractivity contribution in [2.45, 2.75) is 52.5 Å². The van der Waals surface area contributed by atoms with Crippen molar-refractivity contribution in [3.63, 3.8) is 0 Å². The van der Waals surface area contributed by atoms with Gasteiger partial charge in [-0.3, -0.25) is 9.59 Å². The first-order valence-corrected chi connectivity index (χ1v) is 9.65. The molecule has 0 fully saturated rings. The molecule has 0 saturated carbocycles. The zero-order valence-electron chi connectivity index (χ0n) is 17.3. The molecule has 7 nitrogen and oxygen atoms in total. The Kier molecular flexibility index (Phi) is 7.31. The predicted octanol–water partition coefficient (Wildman–Crippen LogP) is 3.21. The minimum Gasteiger partial charge on any atom is -0.507 e. The van der Waals surface area contributed by atoms with E-state index in [0.717, 1.165) is 5.56 Å². The predicted molar refractivity (Wildman–Crippen MR) is 109 cm³/mol. The Morgan fingerprint density at radius 1 is 1.10 bits per heavy atom. The van der Waals surface area contributed by atoms with Crippen molar-refractivity contribution in [1.82, 2.24) is 4.57 Å². The number of aromatic nitrogens is 1. The van der Waals surface area contributed by atoms with Gasteiger partial charge in [-0.25, -0.2) is 0 Å². The maximum atomic E-state index is 13.2. The summed E-state index contributed by atoms with van der Waals surface area (Å²) in [7, 11) is 1.30. The van der Waals surface area contributed by atoms with Gasteiger partial charge in [0, 0.05) is 18.2 Å². The fraction of sp³-hybridized carbons (Fsp3) is 0.455. The van der Waals surface area contributed by atoms with Crippen LogP contribution in [0.3, 0.4) is 0 Å². The number of hydrogen-bond acceptors (Lipinski definition) is 6. The summed E-state index contributed by atoms with van der Waals surface area (Å²) in [5, 5.41) is 29.6. The van der Waals surface area contributed by atoms with Crippen molar-refractivity contribution in [3.05, 3.63) is 51.4 Å². The monoisotopic (exact) mass is 403 g/mol. The first kappa shape index (κ1) is 22.3. The van der Waals surface area contributed by atoms with Crippen LogP contribution in [0.15, 0.2) is 29.1 Å². The zero-order chi connectivity index (χ0) is 21.7. The van der Waals surface area contributed by atoms with Crippen molar-refractivity contribution in [2.24, 2.45) is 5.92 Å². The molecule has 0 aliphatic carbocycles. The number of phenolic OH excluding ortho intramolecular Hbond substituents is 2. The molecule has 0 aliphatic heterocycles. The number of benzene rings is 1. The minimum atomic E-state index is -0.445. The molecule has 2 rings (SSSR count). The molecule has 0 saturated heterocycles. The van der Waals surface area contributed by atoms with Crippen LogP contribution in [0.5, 0.6) is 17.2 Å². The van der Waals surface area contributed by atoms with E-state index in [-0.39, 0.29) is 40.7 Å². The highest BCUT2D eigenvalue weighted by Gasteiger charge is 2.25. The third-order valence-electron chi connectivity index (χ3n) is 4.99.